The molecule has 0 aliphatic rings. The smallest absolute Gasteiger partial charge is 0.175 e. The molecule has 0 fully saturated rings. The van der Waals surface area contributed by atoms with E-state index in [1.807, 2.05) is 43.3 Å². The molecule has 0 bridgehead atoms. The fourth-order valence-corrected chi connectivity index (χ4v) is 2.91. The number of halogens is 1. The number of hydrogen-bond donors (Lipinski definition) is 0. The van der Waals surface area contributed by atoms with Crippen LogP contribution in [0.5, 0.6) is 0 Å². The van der Waals surface area contributed by atoms with E-state index in [9.17, 15) is 4.79 Å². The highest BCUT2D eigenvalue weighted by Crippen LogP contribution is 2.25. The minimum absolute atomic E-state index is 0.141. The van der Waals surface area contributed by atoms with Gasteiger partial charge in [-0.05, 0) is 47.0 Å². The van der Waals surface area contributed by atoms with Gasteiger partial charge in [0.1, 0.15) is 0 Å². The zero-order valence-electron chi connectivity index (χ0n) is 11.5. The fraction of sp³-hybridized carbons (Fsp3) is 0.250. The molecule has 4 heteroatoms. The minimum atomic E-state index is -0.142. The molecule has 1 aromatic heterocycles. The Morgan fingerprint density at radius 3 is 2.50 bits per heavy atom. The van der Waals surface area contributed by atoms with Gasteiger partial charge in [0, 0.05) is 16.2 Å². The van der Waals surface area contributed by atoms with Crippen LogP contribution in [0.25, 0.3) is 0 Å². The topological polar surface area (TPSA) is 30.0 Å². The first kappa shape index (κ1) is 15.3. The van der Waals surface area contributed by atoms with Gasteiger partial charge in [-0.3, -0.25) is 4.79 Å². The Labute approximate surface area is 132 Å². The highest BCUT2D eigenvalue weighted by molar-refractivity contribution is 9.10. The number of thioether (sulfide) groups is 1. The van der Waals surface area contributed by atoms with E-state index in [0.717, 1.165) is 21.5 Å². The second kappa shape index (κ2) is 7.04. The highest BCUT2D eigenvalue weighted by Gasteiger charge is 2.16. The number of aryl methyl sites for hydroxylation is 1. The van der Waals surface area contributed by atoms with Gasteiger partial charge in [-0.25, -0.2) is 4.98 Å². The van der Waals surface area contributed by atoms with E-state index in [1.165, 1.54) is 17.3 Å². The number of Topliss-reactive ketones (excluding diaryl/α,β-unsaturated/α-hetero) is 1. The van der Waals surface area contributed by atoms with Crippen LogP contribution in [0.4, 0.5) is 0 Å². The van der Waals surface area contributed by atoms with E-state index in [0.29, 0.717) is 0 Å². The zero-order valence-corrected chi connectivity index (χ0v) is 13.9. The summed E-state index contributed by atoms with van der Waals surface area (Å²) in [5.41, 5.74) is 2.01. The van der Waals surface area contributed by atoms with Gasteiger partial charge in [0.2, 0.25) is 0 Å². The SMILES string of the molecule is CCc1ccc(C(=O)C(C)Sc2ccc(Br)cn2)cc1. The standard InChI is InChI=1S/C16H16BrNOS/c1-3-12-4-6-13(7-5-12)16(19)11(2)20-15-9-8-14(17)10-18-15/h4-11H,3H2,1-2H3. The quantitative estimate of drug-likeness (QED) is 0.575. The molecule has 2 nitrogen and oxygen atoms in total. The molecular formula is C16H16BrNOS. The fourth-order valence-electron chi connectivity index (χ4n) is 1.81. The van der Waals surface area contributed by atoms with Gasteiger partial charge in [0.05, 0.1) is 10.3 Å². The molecule has 0 aliphatic carbocycles. The van der Waals surface area contributed by atoms with Gasteiger partial charge in [0.25, 0.3) is 0 Å². The van der Waals surface area contributed by atoms with Crippen molar-refractivity contribution >= 4 is 33.5 Å². The van der Waals surface area contributed by atoms with Gasteiger partial charge in [-0.15, -0.1) is 0 Å². The lowest BCUT2D eigenvalue weighted by atomic mass is 10.1. The van der Waals surface area contributed by atoms with Crippen LogP contribution in [0.3, 0.4) is 0 Å². The largest absolute Gasteiger partial charge is 0.293 e. The maximum atomic E-state index is 12.4. The minimum Gasteiger partial charge on any atom is -0.293 e. The van der Waals surface area contributed by atoms with Gasteiger partial charge >= 0.3 is 0 Å². The van der Waals surface area contributed by atoms with E-state index < -0.39 is 0 Å². The number of nitrogens with zero attached hydrogens (tertiary/aromatic N) is 1. The first-order chi connectivity index (χ1) is 9.60. The summed E-state index contributed by atoms with van der Waals surface area (Å²) in [5, 5.41) is 0.718. The van der Waals surface area contributed by atoms with Crippen LogP contribution in [0, 0.1) is 0 Å². The molecule has 0 radical (unpaired) electrons. The lowest BCUT2D eigenvalue weighted by Gasteiger charge is -2.10. The maximum absolute atomic E-state index is 12.4. The molecule has 0 saturated carbocycles. The summed E-state index contributed by atoms with van der Waals surface area (Å²) in [6.07, 6.45) is 2.73. The Morgan fingerprint density at radius 2 is 1.95 bits per heavy atom. The van der Waals surface area contributed by atoms with Gasteiger partial charge < -0.3 is 0 Å². The number of carbonyl (C=O) groups excluding carboxylic acids is 1. The maximum Gasteiger partial charge on any atom is 0.175 e. The molecule has 2 aromatic rings. The molecule has 0 saturated heterocycles. The van der Waals surface area contributed by atoms with Crippen LogP contribution >= 0.6 is 27.7 Å². The van der Waals surface area contributed by atoms with Crippen LogP contribution in [-0.4, -0.2) is 16.0 Å². The summed E-state index contributed by atoms with van der Waals surface area (Å²) < 4.78 is 0.941. The summed E-state index contributed by atoms with van der Waals surface area (Å²) in [4.78, 5) is 16.6. The molecule has 104 valence electrons. The summed E-state index contributed by atoms with van der Waals surface area (Å²) >= 11 is 4.84. The molecule has 0 aliphatic heterocycles. The van der Waals surface area contributed by atoms with Crippen molar-refractivity contribution in [3.63, 3.8) is 0 Å². The lowest BCUT2D eigenvalue weighted by Crippen LogP contribution is -2.13. The van der Waals surface area contributed by atoms with Gasteiger partial charge in [-0.2, -0.15) is 0 Å². The van der Waals surface area contributed by atoms with Crippen molar-refractivity contribution in [3.05, 3.63) is 58.2 Å². The van der Waals surface area contributed by atoms with Crippen molar-refractivity contribution < 1.29 is 4.79 Å². The molecule has 0 spiro atoms. The Morgan fingerprint density at radius 1 is 1.25 bits per heavy atom. The van der Waals surface area contributed by atoms with E-state index in [4.69, 9.17) is 0 Å². The number of rotatable bonds is 5. The summed E-state index contributed by atoms with van der Waals surface area (Å²) in [7, 11) is 0. The molecule has 20 heavy (non-hydrogen) atoms. The van der Waals surface area contributed by atoms with E-state index in [1.54, 1.807) is 6.20 Å². The molecule has 0 N–H and O–H groups in total. The van der Waals surface area contributed by atoms with Crippen LogP contribution in [0.1, 0.15) is 29.8 Å². The third-order valence-corrected chi connectivity index (χ3v) is 4.53. The summed E-state index contributed by atoms with van der Waals surface area (Å²) in [5.74, 6) is 0.141. The molecule has 2 rings (SSSR count). The Hall–Kier alpha value is -1.13. The first-order valence-electron chi connectivity index (χ1n) is 6.51. The van der Waals surface area contributed by atoms with Crippen molar-refractivity contribution in [1.29, 1.82) is 0 Å². The van der Waals surface area contributed by atoms with E-state index in [-0.39, 0.29) is 11.0 Å². The highest BCUT2D eigenvalue weighted by atomic mass is 79.9. The number of aromatic nitrogens is 1. The Kier molecular flexibility index (Phi) is 5.38. The van der Waals surface area contributed by atoms with Crippen LogP contribution in [-0.2, 0) is 6.42 Å². The third kappa shape index (κ3) is 3.93. The lowest BCUT2D eigenvalue weighted by molar-refractivity contribution is 0.0994. The van der Waals surface area contributed by atoms with Gasteiger partial charge in [0.15, 0.2) is 5.78 Å². The second-order valence-corrected chi connectivity index (χ2v) is 6.77. The number of ketones is 1. The zero-order chi connectivity index (χ0) is 14.5. The van der Waals surface area contributed by atoms with Crippen molar-refractivity contribution in [2.45, 2.75) is 30.5 Å². The number of carbonyl (C=O) groups is 1. The Balaban J connectivity index is 2.05. The third-order valence-electron chi connectivity index (χ3n) is 3.01. The predicted octanol–water partition coefficient (Wildman–Crippen LogP) is 4.77. The number of hydrogen-bond acceptors (Lipinski definition) is 3. The molecule has 1 unspecified atom stereocenters. The van der Waals surface area contributed by atoms with Crippen molar-refractivity contribution in [1.82, 2.24) is 4.98 Å². The second-order valence-electron chi connectivity index (χ2n) is 4.49. The number of benzene rings is 1. The van der Waals surface area contributed by atoms with Crippen LogP contribution in [0.15, 0.2) is 52.1 Å². The average Bonchev–Trinajstić information content (AvgIpc) is 2.49. The summed E-state index contributed by atoms with van der Waals surface area (Å²) in [6.45, 7) is 4.03. The predicted molar refractivity (Wildman–Crippen MR) is 87.4 cm³/mol. The van der Waals surface area contributed by atoms with Crippen LogP contribution < -0.4 is 0 Å². The number of pyridine rings is 1. The van der Waals surface area contributed by atoms with E-state index in [2.05, 4.69) is 27.8 Å². The van der Waals surface area contributed by atoms with Crippen LogP contribution in [0.2, 0.25) is 0 Å². The molecule has 0 amide bonds. The molecular weight excluding hydrogens is 334 g/mol. The van der Waals surface area contributed by atoms with Crippen molar-refractivity contribution in [3.8, 4) is 0 Å². The molecule has 1 atom stereocenters. The summed E-state index contributed by atoms with van der Waals surface area (Å²) in [6, 6.07) is 11.7. The monoisotopic (exact) mass is 349 g/mol. The van der Waals surface area contributed by atoms with E-state index >= 15 is 0 Å². The van der Waals surface area contributed by atoms with Crippen molar-refractivity contribution in [2.24, 2.45) is 0 Å². The van der Waals surface area contributed by atoms with Crippen molar-refractivity contribution in [2.75, 3.05) is 0 Å². The van der Waals surface area contributed by atoms with Gasteiger partial charge in [-0.1, -0.05) is 43.0 Å². The Bertz CT molecular complexity index is 580. The first-order valence-corrected chi connectivity index (χ1v) is 8.18. The molecule has 1 heterocycles. The normalized spacial score (nSPS) is 12.2. The molecule has 1 aromatic carbocycles. The average molecular weight is 350 g/mol.